The van der Waals surface area contributed by atoms with Gasteiger partial charge in [0.1, 0.15) is 23.3 Å². The summed E-state index contributed by atoms with van der Waals surface area (Å²) in [5.74, 6) is -1.85. The minimum Gasteiger partial charge on any atom is -0.399 e. The van der Waals surface area contributed by atoms with E-state index < -0.39 is 17.5 Å². The van der Waals surface area contributed by atoms with E-state index in [2.05, 4.69) is 9.98 Å². The lowest BCUT2D eigenvalue weighted by atomic mass is 10.1. The van der Waals surface area contributed by atoms with Crippen LogP contribution in [0.4, 0.5) is 20.3 Å². The van der Waals surface area contributed by atoms with Crippen molar-refractivity contribution in [2.75, 3.05) is 11.5 Å². The summed E-state index contributed by atoms with van der Waals surface area (Å²) >= 11 is 1.07. The van der Waals surface area contributed by atoms with Crippen molar-refractivity contribution in [3.8, 4) is 0 Å². The predicted molar refractivity (Wildman–Crippen MR) is 109 cm³/mol. The first-order valence-corrected chi connectivity index (χ1v) is 9.23. The highest BCUT2D eigenvalue weighted by Crippen LogP contribution is 2.30. The molecule has 1 amide bonds. The van der Waals surface area contributed by atoms with Crippen LogP contribution in [0.5, 0.6) is 0 Å². The maximum Gasteiger partial charge on any atom is 0.252 e. The van der Waals surface area contributed by atoms with E-state index in [0.717, 1.165) is 23.4 Å². The van der Waals surface area contributed by atoms with Crippen molar-refractivity contribution in [1.29, 1.82) is 0 Å². The van der Waals surface area contributed by atoms with E-state index in [-0.39, 0.29) is 23.6 Å². The fourth-order valence-electron chi connectivity index (χ4n) is 2.48. The highest BCUT2D eigenvalue weighted by atomic mass is 32.2. The largest absolute Gasteiger partial charge is 0.399 e. The summed E-state index contributed by atoms with van der Waals surface area (Å²) in [6.45, 7) is 0. The van der Waals surface area contributed by atoms with Gasteiger partial charge in [-0.2, -0.15) is 4.99 Å². The number of hydrogen-bond acceptors (Lipinski definition) is 5. The Balaban J connectivity index is 1.79. The molecule has 0 aliphatic heterocycles. The number of amides is 1. The second kappa shape index (κ2) is 8.70. The number of rotatable bonds is 5. The Hall–Kier alpha value is -3.46. The Bertz CT molecular complexity index is 1070. The number of nitrogens with zero attached hydrogens (tertiary/aromatic N) is 2. The maximum absolute atomic E-state index is 13.4. The summed E-state index contributed by atoms with van der Waals surface area (Å²) in [7, 11) is 0. The number of pyridine rings is 1. The fourth-order valence-corrected chi connectivity index (χ4v) is 3.38. The number of nitrogens with two attached hydrogens (primary N) is 3. The number of halogens is 2. The molecular weight excluding hydrogens is 396 g/mol. The highest BCUT2D eigenvalue weighted by Gasteiger charge is 2.11. The molecule has 0 aliphatic carbocycles. The zero-order chi connectivity index (χ0) is 21.0. The average Bonchev–Trinajstić information content (AvgIpc) is 2.64. The van der Waals surface area contributed by atoms with Gasteiger partial charge >= 0.3 is 0 Å². The number of carbonyl (C=O) groups is 1. The topological polar surface area (TPSA) is 120 Å². The van der Waals surface area contributed by atoms with Gasteiger partial charge in [0.05, 0.1) is 12.0 Å². The van der Waals surface area contributed by atoms with E-state index in [1.807, 2.05) is 0 Å². The van der Waals surface area contributed by atoms with Gasteiger partial charge in [0.2, 0.25) is 0 Å². The number of aromatic nitrogens is 1. The van der Waals surface area contributed by atoms with E-state index in [0.29, 0.717) is 15.5 Å². The zero-order valence-corrected chi connectivity index (χ0v) is 15.9. The van der Waals surface area contributed by atoms with Crippen LogP contribution in [0.3, 0.4) is 0 Å². The molecule has 0 radical (unpaired) electrons. The zero-order valence-electron chi connectivity index (χ0n) is 15.1. The number of hydrogen-bond donors (Lipinski definition) is 3. The van der Waals surface area contributed by atoms with Crippen LogP contribution >= 0.6 is 11.8 Å². The third-order valence-corrected chi connectivity index (χ3v) is 4.75. The Kier molecular flexibility index (Phi) is 6.08. The summed E-state index contributed by atoms with van der Waals surface area (Å²) in [6, 6.07) is 11.6. The van der Waals surface area contributed by atoms with Crippen molar-refractivity contribution in [2.24, 2.45) is 10.7 Å². The molecule has 2 aromatic carbocycles. The van der Waals surface area contributed by atoms with E-state index in [9.17, 15) is 13.6 Å². The average molecular weight is 413 g/mol. The number of nitrogen functional groups attached to an aromatic ring is 2. The molecule has 9 heteroatoms. The summed E-state index contributed by atoms with van der Waals surface area (Å²) < 4.78 is 26.7. The molecular formula is C20H17F2N5OS. The van der Waals surface area contributed by atoms with E-state index >= 15 is 0 Å². The molecule has 6 nitrogen and oxygen atoms in total. The molecule has 0 aliphatic rings. The smallest absolute Gasteiger partial charge is 0.252 e. The first-order valence-electron chi connectivity index (χ1n) is 8.41. The summed E-state index contributed by atoms with van der Waals surface area (Å²) in [5.41, 5.74) is 19.0. The van der Waals surface area contributed by atoms with E-state index in [1.54, 1.807) is 30.3 Å². The first kappa shape index (κ1) is 20.3. The summed E-state index contributed by atoms with van der Waals surface area (Å²) in [6.07, 6.45) is 1.49. The quantitative estimate of drug-likeness (QED) is 0.336. The Morgan fingerprint density at radius 2 is 1.66 bits per heavy atom. The van der Waals surface area contributed by atoms with Crippen LogP contribution in [-0.2, 0) is 11.2 Å². The van der Waals surface area contributed by atoms with Gasteiger partial charge in [-0.05, 0) is 35.9 Å². The molecule has 0 spiro atoms. The molecule has 29 heavy (non-hydrogen) atoms. The van der Waals surface area contributed by atoms with Crippen molar-refractivity contribution in [2.45, 2.75) is 16.2 Å². The number of benzene rings is 2. The molecule has 0 saturated heterocycles. The van der Waals surface area contributed by atoms with Crippen LogP contribution in [-0.4, -0.2) is 16.7 Å². The number of anilines is 2. The van der Waals surface area contributed by atoms with E-state index in [4.69, 9.17) is 17.2 Å². The van der Waals surface area contributed by atoms with Gasteiger partial charge in [-0.25, -0.2) is 13.8 Å². The Morgan fingerprint density at radius 1 is 1.00 bits per heavy atom. The molecule has 148 valence electrons. The third-order valence-electron chi connectivity index (χ3n) is 3.82. The van der Waals surface area contributed by atoms with Crippen molar-refractivity contribution in [1.82, 2.24) is 4.98 Å². The van der Waals surface area contributed by atoms with Crippen LogP contribution in [0, 0.1) is 11.6 Å². The lowest BCUT2D eigenvalue weighted by Gasteiger charge is -2.08. The molecule has 0 unspecified atom stereocenters. The third kappa shape index (κ3) is 5.52. The molecule has 0 bridgehead atoms. The second-order valence-electron chi connectivity index (χ2n) is 6.12. The second-order valence-corrected chi connectivity index (χ2v) is 7.27. The number of aliphatic imine (C=N–C) groups is 1. The fraction of sp³-hybridized carbons (Fsp3) is 0.0500. The van der Waals surface area contributed by atoms with Crippen molar-refractivity contribution < 1.29 is 13.6 Å². The van der Waals surface area contributed by atoms with Crippen molar-refractivity contribution >= 4 is 35.0 Å². The van der Waals surface area contributed by atoms with Crippen LogP contribution in [0.2, 0.25) is 0 Å². The Labute approximate surface area is 169 Å². The molecule has 3 aromatic rings. The number of amidine groups is 1. The minimum atomic E-state index is -0.689. The van der Waals surface area contributed by atoms with Crippen molar-refractivity contribution in [3.05, 3.63) is 77.5 Å². The molecule has 3 rings (SSSR count). The van der Waals surface area contributed by atoms with Crippen LogP contribution in [0.15, 0.2) is 69.5 Å². The van der Waals surface area contributed by atoms with Gasteiger partial charge in [-0.15, -0.1) is 0 Å². The number of carbonyl (C=O) groups excluding carboxylic acids is 1. The normalized spacial score (nSPS) is 11.4. The van der Waals surface area contributed by atoms with Gasteiger partial charge < -0.3 is 17.2 Å². The molecule has 0 saturated carbocycles. The van der Waals surface area contributed by atoms with Crippen LogP contribution in [0.1, 0.15) is 11.1 Å². The lowest BCUT2D eigenvalue weighted by molar-refractivity contribution is -0.117. The van der Waals surface area contributed by atoms with Gasteiger partial charge in [-0.1, -0.05) is 23.9 Å². The summed E-state index contributed by atoms with van der Waals surface area (Å²) in [5, 5.41) is 0. The van der Waals surface area contributed by atoms with Gasteiger partial charge in [-0.3, -0.25) is 4.79 Å². The minimum absolute atomic E-state index is 0.0469. The van der Waals surface area contributed by atoms with Gasteiger partial charge in [0, 0.05) is 27.7 Å². The molecule has 1 aromatic heterocycles. The lowest BCUT2D eigenvalue weighted by Crippen LogP contribution is -2.19. The van der Waals surface area contributed by atoms with Gasteiger partial charge in [0.15, 0.2) is 0 Å². The van der Waals surface area contributed by atoms with E-state index in [1.165, 1.54) is 18.3 Å². The molecule has 0 atom stereocenters. The SMILES string of the molecule is NC(=NC(=O)Cc1ccc(N)cc1)c1cc(Sc2cc(F)cc(F)c2)cnc1N. The molecule has 6 N–H and O–H groups in total. The first-order chi connectivity index (χ1) is 13.8. The van der Waals surface area contributed by atoms with Gasteiger partial charge in [0.25, 0.3) is 5.91 Å². The maximum atomic E-state index is 13.4. The standard InChI is InChI=1S/C20H17F2N5OS/c21-12-6-13(22)8-15(7-12)29-16-9-17(19(24)26-10-16)20(25)27-18(28)5-11-1-3-14(23)4-2-11/h1-4,6-10H,5,23H2,(H2,24,26)(H2,25,27,28). The van der Waals surface area contributed by atoms with Crippen molar-refractivity contribution in [3.63, 3.8) is 0 Å². The summed E-state index contributed by atoms with van der Waals surface area (Å²) in [4.78, 5) is 21.0. The van der Waals surface area contributed by atoms with Crippen LogP contribution in [0.25, 0.3) is 0 Å². The Morgan fingerprint density at radius 3 is 2.31 bits per heavy atom. The predicted octanol–water partition coefficient (Wildman–Crippen LogP) is 3.15. The van der Waals surface area contributed by atoms with Crippen LogP contribution < -0.4 is 17.2 Å². The molecule has 1 heterocycles. The highest BCUT2D eigenvalue weighted by molar-refractivity contribution is 7.99. The monoisotopic (exact) mass is 413 g/mol. The molecule has 0 fully saturated rings.